The molecule has 0 aromatic heterocycles. The maximum absolute atomic E-state index is 11.8. The van der Waals surface area contributed by atoms with Crippen LogP contribution in [0.2, 0.25) is 5.02 Å². The lowest BCUT2D eigenvalue weighted by molar-refractivity contribution is -0.384. The number of ether oxygens (including phenoxy) is 1. The Balaban J connectivity index is 2.38. The molecule has 2 aromatic rings. The number of methoxy groups -OCH3 is 1. The summed E-state index contributed by atoms with van der Waals surface area (Å²) in [5, 5.41) is 21.3. The lowest BCUT2D eigenvalue weighted by Crippen LogP contribution is -2.14. The highest BCUT2D eigenvalue weighted by molar-refractivity contribution is 6.35. The molecule has 27 heavy (non-hydrogen) atoms. The summed E-state index contributed by atoms with van der Waals surface area (Å²) >= 11 is 5.98. The lowest BCUT2D eigenvalue weighted by atomic mass is 10.2. The van der Waals surface area contributed by atoms with E-state index >= 15 is 0 Å². The number of ketones is 1. The number of nitrogens with one attached hydrogen (secondary N) is 1. The molecule has 0 radical (unpaired) electrons. The number of Topliss-reactive ketones (excluding diaryl/α,β-unsaturated/α-hetero) is 1. The van der Waals surface area contributed by atoms with E-state index in [2.05, 4.69) is 15.5 Å². The van der Waals surface area contributed by atoms with E-state index in [1.54, 1.807) is 12.1 Å². The molecular weight excluding hydrogens is 376 g/mol. The van der Waals surface area contributed by atoms with Crippen LogP contribution in [0.1, 0.15) is 13.3 Å². The summed E-state index contributed by atoms with van der Waals surface area (Å²) in [4.78, 5) is 33.2. The van der Waals surface area contributed by atoms with Crippen LogP contribution in [0.5, 0.6) is 5.75 Å². The fourth-order valence-corrected chi connectivity index (χ4v) is 2.31. The van der Waals surface area contributed by atoms with Gasteiger partial charge in [-0.2, -0.15) is 0 Å². The van der Waals surface area contributed by atoms with Gasteiger partial charge in [0.25, 0.3) is 5.69 Å². The third kappa shape index (κ3) is 5.32. The zero-order valence-electron chi connectivity index (χ0n) is 14.4. The van der Waals surface area contributed by atoms with E-state index in [9.17, 15) is 19.7 Å². The number of azo groups is 1. The van der Waals surface area contributed by atoms with Gasteiger partial charge in [0, 0.05) is 12.1 Å². The Kier molecular flexibility index (Phi) is 6.56. The van der Waals surface area contributed by atoms with E-state index in [0.29, 0.717) is 11.4 Å². The molecule has 0 bridgehead atoms. The number of nitro groups is 1. The third-order valence-corrected chi connectivity index (χ3v) is 3.70. The molecule has 0 saturated heterocycles. The van der Waals surface area contributed by atoms with E-state index in [1.807, 2.05) is 0 Å². The molecule has 0 aliphatic carbocycles. The standard InChI is InChI=1S/C17H15ClN4O5/c1-10(23)8-16(24)19-12-7-6-11(27-2)9-14(12)21-20-13-4-3-5-15(17(13)18)22(25)26/h3-7,9H,8H2,1-2H3,(H,19,24). The largest absolute Gasteiger partial charge is 0.497 e. The smallest absolute Gasteiger partial charge is 0.290 e. The maximum atomic E-state index is 11.8. The second-order valence-corrected chi connectivity index (χ2v) is 5.76. The predicted octanol–water partition coefficient (Wildman–Crippen LogP) is 4.59. The van der Waals surface area contributed by atoms with Gasteiger partial charge in [0.1, 0.15) is 27.9 Å². The van der Waals surface area contributed by atoms with Crippen molar-refractivity contribution in [2.45, 2.75) is 13.3 Å². The molecule has 1 N–H and O–H groups in total. The first kappa shape index (κ1) is 20.0. The number of hydrogen-bond donors (Lipinski definition) is 1. The van der Waals surface area contributed by atoms with Gasteiger partial charge < -0.3 is 10.1 Å². The van der Waals surface area contributed by atoms with Crippen LogP contribution < -0.4 is 10.1 Å². The molecule has 0 spiro atoms. The molecule has 140 valence electrons. The number of halogens is 1. The third-order valence-electron chi connectivity index (χ3n) is 3.31. The highest BCUT2D eigenvalue weighted by Crippen LogP contribution is 2.36. The number of benzene rings is 2. The summed E-state index contributed by atoms with van der Waals surface area (Å²) < 4.78 is 5.12. The molecular formula is C17H15ClN4O5. The van der Waals surface area contributed by atoms with Crippen LogP contribution in [0.4, 0.5) is 22.7 Å². The number of anilines is 1. The van der Waals surface area contributed by atoms with E-state index < -0.39 is 10.8 Å². The molecule has 10 heteroatoms. The average Bonchev–Trinajstić information content (AvgIpc) is 2.60. The zero-order chi connectivity index (χ0) is 20.0. The minimum absolute atomic E-state index is 0.0923. The summed E-state index contributed by atoms with van der Waals surface area (Å²) in [6.45, 7) is 1.30. The van der Waals surface area contributed by atoms with Crippen molar-refractivity contribution in [3.63, 3.8) is 0 Å². The van der Waals surface area contributed by atoms with Crippen LogP contribution in [-0.2, 0) is 9.59 Å². The number of carbonyl (C=O) groups excluding carboxylic acids is 2. The van der Waals surface area contributed by atoms with Gasteiger partial charge in [-0.1, -0.05) is 17.7 Å². The molecule has 0 saturated carbocycles. The van der Waals surface area contributed by atoms with E-state index in [0.717, 1.165) is 0 Å². The van der Waals surface area contributed by atoms with Gasteiger partial charge in [0.05, 0.1) is 24.1 Å². The molecule has 1 amide bonds. The van der Waals surface area contributed by atoms with Crippen molar-refractivity contribution >= 4 is 46.0 Å². The van der Waals surface area contributed by atoms with Crippen LogP contribution in [0.15, 0.2) is 46.6 Å². The molecule has 0 aliphatic heterocycles. The quantitative estimate of drug-likeness (QED) is 0.320. The number of nitro benzene ring substituents is 1. The number of rotatable bonds is 7. The number of hydrogen-bond acceptors (Lipinski definition) is 7. The molecule has 0 fully saturated rings. The first-order valence-electron chi connectivity index (χ1n) is 7.63. The number of amides is 1. The summed E-state index contributed by atoms with van der Waals surface area (Å²) in [7, 11) is 1.46. The summed E-state index contributed by atoms with van der Waals surface area (Å²) in [5.74, 6) is -0.330. The Morgan fingerprint density at radius 2 is 1.93 bits per heavy atom. The van der Waals surface area contributed by atoms with Gasteiger partial charge in [-0.05, 0) is 25.1 Å². The van der Waals surface area contributed by atoms with Crippen LogP contribution in [-0.4, -0.2) is 23.7 Å². The molecule has 2 rings (SSSR count). The second-order valence-electron chi connectivity index (χ2n) is 5.38. The molecule has 0 heterocycles. The molecule has 2 aromatic carbocycles. The molecule has 0 atom stereocenters. The van der Waals surface area contributed by atoms with Gasteiger partial charge in [-0.15, -0.1) is 10.2 Å². The van der Waals surface area contributed by atoms with Gasteiger partial charge in [0.15, 0.2) is 0 Å². The highest BCUT2D eigenvalue weighted by atomic mass is 35.5. The SMILES string of the molecule is COc1ccc(NC(=O)CC(C)=O)c(N=Nc2cccc([N+](=O)[O-])c2Cl)c1. The minimum atomic E-state index is -0.625. The minimum Gasteiger partial charge on any atom is -0.497 e. The lowest BCUT2D eigenvalue weighted by Gasteiger charge is -2.09. The Morgan fingerprint density at radius 3 is 2.56 bits per heavy atom. The maximum Gasteiger partial charge on any atom is 0.290 e. The number of nitrogens with zero attached hydrogens (tertiary/aromatic N) is 3. The first-order valence-corrected chi connectivity index (χ1v) is 8.01. The molecule has 0 aliphatic rings. The van der Waals surface area contributed by atoms with Crippen molar-refractivity contribution < 1.29 is 19.2 Å². The Hall–Kier alpha value is -3.33. The first-order chi connectivity index (χ1) is 12.8. The second kappa shape index (κ2) is 8.86. The Morgan fingerprint density at radius 1 is 1.22 bits per heavy atom. The van der Waals surface area contributed by atoms with E-state index in [4.69, 9.17) is 16.3 Å². The number of carbonyl (C=O) groups is 2. The van der Waals surface area contributed by atoms with Gasteiger partial charge >= 0.3 is 0 Å². The summed E-state index contributed by atoms with van der Waals surface area (Å²) in [6.07, 6.45) is -0.278. The predicted molar refractivity (Wildman–Crippen MR) is 99.2 cm³/mol. The van der Waals surface area contributed by atoms with Crippen LogP contribution >= 0.6 is 11.6 Å². The van der Waals surface area contributed by atoms with Crippen molar-refractivity contribution in [1.82, 2.24) is 0 Å². The normalized spacial score (nSPS) is 10.6. The van der Waals surface area contributed by atoms with Gasteiger partial charge in [-0.3, -0.25) is 19.7 Å². The van der Waals surface area contributed by atoms with Crippen molar-refractivity contribution in [3.05, 3.63) is 51.5 Å². The highest BCUT2D eigenvalue weighted by Gasteiger charge is 2.15. The van der Waals surface area contributed by atoms with E-state index in [1.165, 1.54) is 38.3 Å². The fourth-order valence-electron chi connectivity index (χ4n) is 2.08. The monoisotopic (exact) mass is 390 g/mol. The van der Waals surface area contributed by atoms with Gasteiger partial charge in [-0.25, -0.2) is 0 Å². The Bertz CT molecular complexity index is 930. The molecule has 0 unspecified atom stereocenters. The van der Waals surface area contributed by atoms with Crippen molar-refractivity contribution in [2.24, 2.45) is 10.2 Å². The van der Waals surface area contributed by atoms with Crippen LogP contribution in [0, 0.1) is 10.1 Å². The molecule has 9 nitrogen and oxygen atoms in total. The fraction of sp³-hybridized carbons (Fsp3) is 0.176. The van der Waals surface area contributed by atoms with Crippen molar-refractivity contribution in [2.75, 3.05) is 12.4 Å². The van der Waals surface area contributed by atoms with Crippen LogP contribution in [0.25, 0.3) is 0 Å². The van der Waals surface area contributed by atoms with Crippen molar-refractivity contribution in [1.29, 1.82) is 0 Å². The van der Waals surface area contributed by atoms with E-state index in [-0.39, 0.29) is 34.3 Å². The summed E-state index contributed by atoms with van der Waals surface area (Å²) in [6, 6.07) is 8.80. The van der Waals surface area contributed by atoms with Crippen molar-refractivity contribution in [3.8, 4) is 5.75 Å². The topological polar surface area (TPSA) is 123 Å². The average molecular weight is 391 g/mol. The Labute approximate surface area is 159 Å². The summed E-state index contributed by atoms with van der Waals surface area (Å²) in [5.41, 5.74) is 0.324. The zero-order valence-corrected chi connectivity index (χ0v) is 15.2. The van der Waals surface area contributed by atoms with Gasteiger partial charge in [0.2, 0.25) is 5.91 Å². The van der Waals surface area contributed by atoms with Crippen LogP contribution in [0.3, 0.4) is 0 Å².